The summed E-state index contributed by atoms with van der Waals surface area (Å²) in [5, 5.41) is 0. The van der Waals surface area contributed by atoms with Gasteiger partial charge in [-0.05, 0) is 5.56 Å². The minimum absolute atomic E-state index is 0.306. The summed E-state index contributed by atoms with van der Waals surface area (Å²) in [6, 6.07) is 8.10. The van der Waals surface area contributed by atoms with E-state index in [0.29, 0.717) is 4.99 Å². The molecule has 1 aromatic carbocycles. The lowest BCUT2D eigenvalue weighted by atomic mass is 10.0. The summed E-state index contributed by atoms with van der Waals surface area (Å²) in [5.41, 5.74) is 7.97. The second kappa shape index (κ2) is 5.77. The Morgan fingerprint density at radius 3 is 2.50 bits per heavy atom. The van der Waals surface area contributed by atoms with Crippen molar-refractivity contribution in [3.05, 3.63) is 35.4 Å². The third-order valence-corrected chi connectivity index (χ3v) is 4.33. The molecule has 2 aliphatic rings. The Hall–Kier alpha value is -1.01. The quantitative estimate of drug-likeness (QED) is 0.859. The molecule has 1 spiro atoms. The summed E-state index contributed by atoms with van der Waals surface area (Å²) in [6.07, 6.45) is 1.87. The molecule has 0 aliphatic carbocycles. The Morgan fingerprint density at radius 1 is 1.20 bits per heavy atom. The summed E-state index contributed by atoms with van der Waals surface area (Å²) in [6.45, 7) is 4.29. The number of rotatable bonds is 3. The predicted octanol–water partition coefficient (Wildman–Crippen LogP) is 1.66. The van der Waals surface area contributed by atoms with Crippen molar-refractivity contribution < 1.29 is 9.47 Å². The average molecular weight is 292 g/mol. The molecule has 0 amide bonds. The van der Waals surface area contributed by atoms with Crippen LogP contribution >= 0.6 is 12.2 Å². The van der Waals surface area contributed by atoms with Crippen LogP contribution in [-0.2, 0) is 16.0 Å². The molecular weight excluding hydrogens is 272 g/mol. The molecule has 0 bridgehead atoms. The van der Waals surface area contributed by atoms with Crippen molar-refractivity contribution in [1.82, 2.24) is 4.90 Å². The maximum atomic E-state index is 5.79. The van der Waals surface area contributed by atoms with Crippen molar-refractivity contribution in [2.24, 2.45) is 5.73 Å². The van der Waals surface area contributed by atoms with Crippen molar-refractivity contribution >= 4 is 17.2 Å². The van der Waals surface area contributed by atoms with Crippen LogP contribution < -0.4 is 5.73 Å². The molecule has 5 heteroatoms. The zero-order valence-corrected chi connectivity index (χ0v) is 12.3. The molecule has 108 valence electrons. The Balaban J connectivity index is 1.64. The van der Waals surface area contributed by atoms with E-state index in [9.17, 15) is 0 Å². The van der Waals surface area contributed by atoms with Crippen molar-refractivity contribution in [2.75, 3.05) is 26.3 Å². The molecular formula is C15H20N2O2S. The molecule has 4 nitrogen and oxygen atoms in total. The van der Waals surface area contributed by atoms with Gasteiger partial charge in [0.05, 0.1) is 13.2 Å². The van der Waals surface area contributed by atoms with Crippen LogP contribution in [0.25, 0.3) is 0 Å². The van der Waals surface area contributed by atoms with E-state index in [1.165, 1.54) is 5.56 Å². The summed E-state index contributed by atoms with van der Waals surface area (Å²) in [7, 11) is 0. The first-order valence-corrected chi connectivity index (χ1v) is 7.47. The lowest BCUT2D eigenvalue weighted by Gasteiger charge is -2.37. The smallest absolute Gasteiger partial charge is 0.170 e. The third kappa shape index (κ3) is 2.86. The van der Waals surface area contributed by atoms with Gasteiger partial charge in [-0.25, -0.2) is 0 Å². The molecule has 2 aliphatic heterocycles. The van der Waals surface area contributed by atoms with Gasteiger partial charge in [0.2, 0.25) is 0 Å². The van der Waals surface area contributed by atoms with Gasteiger partial charge in [-0.1, -0.05) is 36.5 Å². The van der Waals surface area contributed by atoms with Gasteiger partial charge in [-0.2, -0.15) is 0 Å². The summed E-state index contributed by atoms with van der Waals surface area (Å²) in [5.74, 6) is -0.306. The molecule has 2 N–H and O–H groups in total. The summed E-state index contributed by atoms with van der Waals surface area (Å²) in [4.78, 5) is 2.88. The van der Waals surface area contributed by atoms with E-state index in [-0.39, 0.29) is 5.79 Å². The SMILES string of the molecule is NC(=S)c1ccccc1CN1CCC2(CC1)OCCO2. The van der Waals surface area contributed by atoms with Gasteiger partial charge in [-0.15, -0.1) is 0 Å². The Labute approximate surface area is 124 Å². The van der Waals surface area contributed by atoms with E-state index < -0.39 is 0 Å². The number of nitrogens with zero attached hydrogens (tertiary/aromatic N) is 1. The standard InChI is InChI=1S/C15H20N2O2S/c16-14(20)13-4-2-1-3-12(13)11-17-7-5-15(6-8-17)18-9-10-19-15/h1-4H,5-11H2,(H2,16,20). The molecule has 2 heterocycles. The first-order chi connectivity index (χ1) is 9.69. The fraction of sp³-hybridized carbons (Fsp3) is 0.533. The molecule has 0 radical (unpaired) electrons. The van der Waals surface area contributed by atoms with Crippen LogP contribution in [0.3, 0.4) is 0 Å². The summed E-state index contributed by atoms with van der Waals surface area (Å²) < 4.78 is 11.5. The average Bonchev–Trinajstić information content (AvgIpc) is 2.90. The van der Waals surface area contributed by atoms with Gasteiger partial charge in [0.15, 0.2) is 5.79 Å². The van der Waals surface area contributed by atoms with Gasteiger partial charge in [0, 0.05) is 38.0 Å². The second-order valence-corrected chi connectivity index (χ2v) is 5.84. The Bertz CT molecular complexity index is 490. The lowest BCUT2D eigenvalue weighted by molar-refractivity contribution is -0.185. The number of benzene rings is 1. The molecule has 0 saturated carbocycles. The van der Waals surface area contributed by atoms with Crippen LogP contribution in [-0.4, -0.2) is 42.0 Å². The van der Waals surface area contributed by atoms with E-state index in [4.69, 9.17) is 27.4 Å². The molecule has 0 atom stereocenters. The van der Waals surface area contributed by atoms with Crippen LogP contribution in [0.1, 0.15) is 24.0 Å². The Kier molecular flexibility index (Phi) is 4.03. The fourth-order valence-electron chi connectivity index (χ4n) is 2.98. The maximum absolute atomic E-state index is 5.79. The van der Waals surface area contributed by atoms with E-state index in [1.54, 1.807) is 0 Å². The zero-order valence-electron chi connectivity index (χ0n) is 11.5. The number of hydrogen-bond donors (Lipinski definition) is 1. The first kappa shape index (κ1) is 13.9. The highest BCUT2D eigenvalue weighted by atomic mass is 32.1. The van der Waals surface area contributed by atoms with Crippen molar-refractivity contribution in [3.8, 4) is 0 Å². The van der Waals surface area contributed by atoms with Crippen LogP contribution in [0.15, 0.2) is 24.3 Å². The minimum atomic E-state index is -0.306. The molecule has 3 rings (SSSR count). The highest BCUT2D eigenvalue weighted by Gasteiger charge is 2.39. The van der Waals surface area contributed by atoms with Crippen LogP contribution in [0.5, 0.6) is 0 Å². The highest BCUT2D eigenvalue weighted by Crippen LogP contribution is 2.31. The van der Waals surface area contributed by atoms with Crippen molar-refractivity contribution in [2.45, 2.75) is 25.2 Å². The van der Waals surface area contributed by atoms with Gasteiger partial charge in [0.1, 0.15) is 4.99 Å². The largest absolute Gasteiger partial charge is 0.389 e. The van der Waals surface area contributed by atoms with Crippen molar-refractivity contribution in [3.63, 3.8) is 0 Å². The van der Waals surface area contributed by atoms with Gasteiger partial charge < -0.3 is 15.2 Å². The third-order valence-electron chi connectivity index (χ3n) is 4.11. The topological polar surface area (TPSA) is 47.7 Å². The minimum Gasteiger partial charge on any atom is -0.389 e. The fourth-order valence-corrected chi connectivity index (χ4v) is 3.18. The number of nitrogens with two attached hydrogens (primary N) is 1. The normalized spacial score (nSPS) is 22.2. The zero-order chi connectivity index (χ0) is 14.0. The number of thiocarbonyl (C=S) groups is 1. The van der Waals surface area contributed by atoms with E-state index in [1.807, 2.05) is 18.2 Å². The van der Waals surface area contributed by atoms with E-state index in [2.05, 4.69) is 11.0 Å². The van der Waals surface area contributed by atoms with E-state index >= 15 is 0 Å². The lowest BCUT2D eigenvalue weighted by Crippen LogP contribution is -2.44. The molecule has 2 fully saturated rings. The molecule has 0 unspecified atom stereocenters. The second-order valence-electron chi connectivity index (χ2n) is 5.41. The summed E-state index contributed by atoms with van der Waals surface area (Å²) >= 11 is 5.12. The molecule has 20 heavy (non-hydrogen) atoms. The van der Waals surface area contributed by atoms with Gasteiger partial charge >= 0.3 is 0 Å². The first-order valence-electron chi connectivity index (χ1n) is 7.07. The molecule has 2 saturated heterocycles. The number of hydrogen-bond acceptors (Lipinski definition) is 4. The maximum Gasteiger partial charge on any atom is 0.170 e. The highest BCUT2D eigenvalue weighted by molar-refractivity contribution is 7.80. The molecule has 0 aromatic heterocycles. The van der Waals surface area contributed by atoms with Gasteiger partial charge in [0.25, 0.3) is 0 Å². The number of piperidine rings is 1. The number of ether oxygens (including phenoxy) is 2. The van der Waals surface area contributed by atoms with E-state index in [0.717, 1.165) is 51.3 Å². The van der Waals surface area contributed by atoms with Gasteiger partial charge in [-0.3, -0.25) is 4.90 Å². The Morgan fingerprint density at radius 2 is 1.85 bits per heavy atom. The number of likely N-dealkylation sites (tertiary alicyclic amines) is 1. The van der Waals surface area contributed by atoms with Crippen LogP contribution in [0.4, 0.5) is 0 Å². The predicted molar refractivity (Wildman–Crippen MR) is 81.5 cm³/mol. The van der Waals surface area contributed by atoms with Crippen molar-refractivity contribution in [1.29, 1.82) is 0 Å². The van der Waals surface area contributed by atoms with Crippen LogP contribution in [0, 0.1) is 0 Å². The van der Waals surface area contributed by atoms with Crippen LogP contribution in [0.2, 0.25) is 0 Å². The molecule has 1 aromatic rings. The monoisotopic (exact) mass is 292 g/mol.